The van der Waals surface area contributed by atoms with Crippen molar-refractivity contribution in [1.29, 1.82) is 0 Å². The lowest BCUT2D eigenvalue weighted by Gasteiger charge is -2.50. The summed E-state index contributed by atoms with van der Waals surface area (Å²) in [6, 6.07) is 2.20. The van der Waals surface area contributed by atoms with Gasteiger partial charge < -0.3 is 10.2 Å². The Hall–Kier alpha value is -1.16. The molecule has 0 aromatic carbocycles. The maximum atomic E-state index is 4.58. The molecule has 0 bridgehead atoms. The SMILES string of the molecule is CC(C)c1cc(N2CCNCC23CCCCC3)ncn1. The van der Waals surface area contributed by atoms with Crippen molar-refractivity contribution in [1.82, 2.24) is 15.3 Å². The van der Waals surface area contributed by atoms with Crippen LogP contribution in [0.3, 0.4) is 0 Å². The highest BCUT2D eigenvalue weighted by Crippen LogP contribution is 2.37. The lowest BCUT2D eigenvalue weighted by Crippen LogP contribution is -2.62. The van der Waals surface area contributed by atoms with Crippen molar-refractivity contribution in [2.75, 3.05) is 24.5 Å². The Labute approximate surface area is 122 Å². The zero-order chi connectivity index (χ0) is 14.0. The second-order valence-corrected chi connectivity index (χ2v) is 6.57. The average molecular weight is 274 g/mol. The minimum atomic E-state index is 0.291. The number of nitrogens with zero attached hydrogens (tertiary/aromatic N) is 3. The molecule has 1 aliphatic carbocycles. The summed E-state index contributed by atoms with van der Waals surface area (Å²) in [5.41, 5.74) is 1.44. The van der Waals surface area contributed by atoms with E-state index in [2.05, 4.69) is 40.1 Å². The maximum absolute atomic E-state index is 4.58. The molecule has 1 aromatic rings. The zero-order valence-electron chi connectivity index (χ0n) is 12.7. The lowest BCUT2D eigenvalue weighted by atomic mass is 9.79. The summed E-state index contributed by atoms with van der Waals surface area (Å²) in [6.07, 6.45) is 8.41. The second-order valence-electron chi connectivity index (χ2n) is 6.57. The minimum absolute atomic E-state index is 0.291. The third-order valence-electron chi connectivity index (χ3n) is 4.86. The van der Waals surface area contributed by atoms with Gasteiger partial charge in [-0.2, -0.15) is 0 Å². The third kappa shape index (κ3) is 2.53. The van der Waals surface area contributed by atoms with Crippen molar-refractivity contribution < 1.29 is 0 Å². The zero-order valence-corrected chi connectivity index (χ0v) is 12.7. The first-order chi connectivity index (χ1) is 9.71. The highest BCUT2D eigenvalue weighted by Gasteiger charge is 2.40. The first kappa shape index (κ1) is 13.8. The Morgan fingerprint density at radius 2 is 2.00 bits per heavy atom. The van der Waals surface area contributed by atoms with Gasteiger partial charge in [0.25, 0.3) is 0 Å². The normalized spacial score (nSPS) is 22.4. The van der Waals surface area contributed by atoms with Gasteiger partial charge in [-0.3, -0.25) is 0 Å². The Balaban J connectivity index is 1.91. The monoisotopic (exact) mass is 274 g/mol. The molecule has 1 spiro atoms. The van der Waals surface area contributed by atoms with Crippen LogP contribution < -0.4 is 10.2 Å². The summed E-state index contributed by atoms with van der Waals surface area (Å²) < 4.78 is 0. The van der Waals surface area contributed by atoms with Gasteiger partial charge in [0, 0.05) is 31.4 Å². The van der Waals surface area contributed by atoms with Crippen LogP contribution in [0.25, 0.3) is 0 Å². The van der Waals surface area contributed by atoms with E-state index < -0.39 is 0 Å². The van der Waals surface area contributed by atoms with Gasteiger partial charge in [0.05, 0.1) is 5.54 Å². The van der Waals surface area contributed by atoms with Crippen LogP contribution in [0.2, 0.25) is 0 Å². The number of piperazine rings is 1. The van der Waals surface area contributed by atoms with E-state index in [0.29, 0.717) is 11.5 Å². The molecule has 1 saturated heterocycles. The molecular weight excluding hydrogens is 248 g/mol. The van der Waals surface area contributed by atoms with Crippen LogP contribution in [0.5, 0.6) is 0 Å². The predicted molar refractivity (Wildman–Crippen MR) is 82.2 cm³/mol. The van der Waals surface area contributed by atoms with Crippen LogP contribution in [0.4, 0.5) is 5.82 Å². The fourth-order valence-corrected chi connectivity index (χ4v) is 3.68. The summed E-state index contributed by atoms with van der Waals surface area (Å²) >= 11 is 0. The fraction of sp³-hybridized carbons (Fsp3) is 0.750. The van der Waals surface area contributed by atoms with Crippen molar-refractivity contribution >= 4 is 5.82 Å². The topological polar surface area (TPSA) is 41.0 Å². The second kappa shape index (κ2) is 5.68. The van der Waals surface area contributed by atoms with Crippen LogP contribution in [-0.4, -0.2) is 35.1 Å². The van der Waals surface area contributed by atoms with Crippen LogP contribution in [-0.2, 0) is 0 Å². The largest absolute Gasteiger partial charge is 0.348 e. The molecule has 2 aliphatic rings. The Kier molecular flexibility index (Phi) is 3.92. The van der Waals surface area contributed by atoms with E-state index in [0.717, 1.165) is 31.1 Å². The molecule has 0 unspecified atom stereocenters. The molecule has 0 radical (unpaired) electrons. The minimum Gasteiger partial charge on any atom is -0.348 e. The number of anilines is 1. The van der Waals surface area contributed by atoms with E-state index in [4.69, 9.17) is 0 Å². The van der Waals surface area contributed by atoms with E-state index in [1.165, 1.54) is 32.1 Å². The summed E-state index contributed by atoms with van der Waals surface area (Å²) in [4.78, 5) is 11.6. The molecule has 1 aromatic heterocycles. The quantitative estimate of drug-likeness (QED) is 0.900. The maximum Gasteiger partial charge on any atom is 0.132 e. The molecule has 1 N–H and O–H groups in total. The molecule has 0 atom stereocenters. The van der Waals surface area contributed by atoms with Crippen molar-refractivity contribution in [3.63, 3.8) is 0 Å². The van der Waals surface area contributed by atoms with Gasteiger partial charge in [0.1, 0.15) is 12.1 Å². The molecule has 4 heteroatoms. The van der Waals surface area contributed by atoms with Gasteiger partial charge >= 0.3 is 0 Å². The van der Waals surface area contributed by atoms with Crippen LogP contribution in [0, 0.1) is 0 Å². The summed E-state index contributed by atoms with van der Waals surface area (Å²) in [5.74, 6) is 1.59. The van der Waals surface area contributed by atoms with Gasteiger partial charge in [-0.25, -0.2) is 9.97 Å². The summed E-state index contributed by atoms with van der Waals surface area (Å²) in [6.45, 7) is 7.62. The van der Waals surface area contributed by atoms with Gasteiger partial charge in [0.2, 0.25) is 0 Å². The van der Waals surface area contributed by atoms with Gasteiger partial charge in [0.15, 0.2) is 0 Å². The van der Waals surface area contributed by atoms with Crippen molar-refractivity contribution in [2.24, 2.45) is 0 Å². The standard InChI is InChI=1S/C16H26N4/c1-13(2)14-10-15(19-12-18-14)20-9-8-17-11-16(20)6-4-3-5-7-16/h10,12-13,17H,3-9,11H2,1-2H3. The van der Waals surface area contributed by atoms with Gasteiger partial charge in [-0.15, -0.1) is 0 Å². The first-order valence-electron chi connectivity index (χ1n) is 8.02. The molecule has 1 aliphatic heterocycles. The molecule has 0 amide bonds. The Bertz CT molecular complexity index is 443. The molecule has 110 valence electrons. The van der Waals surface area contributed by atoms with E-state index in [9.17, 15) is 0 Å². The number of nitrogens with one attached hydrogen (secondary N) is 1. The number of aromatic nitrogens is 2. The molecule has 20 heavy (non-hydrogen) atoms. The van der Waals surface area contributed by atoms with Gasteiger partial charge in [-0.05, 0) is 18.8 Å². The van der Waals surface area contributed by atoms with Crippen molar-refractivity contribution in [3.8, 4) is 0 Å². The summed E-state index contributed by atoms with van der Waals surface area (Å²) in [5, 5.41) is 3.60. The van der Waals surface area contributed by atoms with Crippen LogP contribution >= 0.6 is 0 Å². The smallest absolute Gasteiger partial charge is 0.132 e. The number of hydrogen-bond acceptors (Lipinski definition) is 4. The van der Waals surface area contributed by atoms with E-state index in [1.54, 1.807) is 6.33 Å². The first-order valence-corrected chi connectivity index (χ1v) is 8.02. The molecule has 3 rings (SSSR count). The molecule has 2 heterocycles. The van der Waals surface area contributed by atoms with E-state index >= 15 is 0 Å². The van der Waals surface area contributed by atoms with E-state index in [-0.39, 0.29) is 0 Å². The number of rotatable bonds is 2. The Morgan fingerprint density at radius 1 is 1.20 bits per heavy atom. The van der Waals surface area contributed by atoms with Crippen LogP contribution in [0.15, 0.2) is 12.4 Å². The molecule has 1 saturated carbocycles. The predicted octanol–water partition coefficient (Wildman–Crippen LogP) is 2.71. The van der Waals surface area contributed by atoms with E-state index in [1.807, 2.05) is 0 Å². The molecule has 4 nitrogen and oxygen atoms in total. The average Bonchev–Trinajstić information content (AvgIpc) is 2.49. The Morgan fingerprint density at radius 3 is 2.75 bits per heavy atom. The molecule has 2 fully saturated rings. The van der Waals surface area contributed by atoms with Gasteiger partial charge in [-0.1, -0.05) is 33.1 Å². The summed E-state index contributed by atoms with van der Waals surface area (Å²) in [7, 11) is 0. The van der Waals surface area contributed by atoms with Crippen LogP contribution in [0.1, 0.15) is 57.6 Å². The van der Waals surface area contributed by atoms with Crippen molar-refractivity contribution in [3.05, 3.63) is 18.1 Å². The molecular formula is C16H26N4. The number of hydrogen-bond donors (Lipinski definition) is 1. The third-order valence-corrected chi connectivity index (χ3v) is 4.86. The fourth-order valence-electron chi connectivity index (χ4n) is 3.68. The lowest BCUT2D eigenvalue weighted by molar-refractivity contribution is 0.239. The highest BCUT2D eigenvalue weighted by molar-refractivity contribution is 5.44. The highest BCUT2D eigenvalue weighted by atomic mass is 15.3. The van der Waals surface area contributed by atoms with Crippen molar-refractivity contribution in [2.45, 2.75) is 57.4 Å².